The summed E-state index contributed by atoms with van der Waals surface area (Å²) in [5, 5.41) is 10.2. The fourth-order valence-corrected chi connectivity index (χ4v) is 4.03. The summed E-state index contributed by atoms with van der Waals surface area (Å²) in [4.78, 5) is 0.266. The zero-order valence-corrected chi connectivity index (χ0v) is 15.4. The van der Waals surface area contributed by atoms with Crippen LogP contribution in [0.4, 0.5) is 0 Å². The summed E-state index contributed by atoms with van der Waals surface area (Å²) in [6.45, 7) is 4.30. The summed E-state index contributed by atoms with van der Waals surface area (Å²) in [5.74, 6) is 0. The van der Waals surface area contributed by atoms with Crippen molar-refractivity contribution in [3.8, 4) is 0 Å². The monoisotopic (exact) mass is 355 g/mol. The van der Waals surface area contributed by atoms with Crippen LogP contribution in [-0.2, 0) is 14.8 Å². The molecule has 1 aromatic carbocycles. The molecule has 0 amide bonds. The van der Waals surface area contributed by atoms with E-state index in [0.717, 1.165) is 44.1 Å². The Morgan fingerprint density at radius 1 is 1.25 bits per heavy atom. The van der Waals surface area contributed by atoms with Gasteiger partial charge in [-0.2, -0.15) is 0 Å². The molecule has 136 valence electrons. The summed E-state index contributed by atoms with van der Waals surface area (Å²) in [7, 11) is -3.51. The van der Waals surface area contributed by atoms with Crippen LogP contribution in [0, 0.1) is 6.92 Å². The number of hydrogen-bond acceptors (Lipinski definition) is 4. The van der Waals surface area contributed by atoms with Crippen LogP contribution in [0.3, 0.4) is 0 Å². The van der Waals surface area contributed by atoms with Crippen molar-refractivity contribution in [1.29, 1.82) is 0 Å². The van der Waals surface area contributed by atoms with Gasteiger partial charge in [0.15, 0.2) is 0 Å². The van der Waals surface area contributed by atoms with Crippen LogP contribution >= 0.6 is 0 Å². The molecular weight excluding hydrogens is 326 g/mol. The molecule has 0 spiro atoms. The van der Waals surface area contributed by atoms with Crippen LogP contribution in [0.15, 0.2) is 29.2 Å². The normalized spacial score (nSPS) is 22.6. The number of unbranched alkanes of at least 4 members (excludes halogenated alkanes) is 2. The summed E-state index contributed by atoms with van der Waals surface area (Å²) < 4.78 is 33.0. The molecule has 1 fully saturated rings. The molecule has 0 aliphatic carbocycles. The number of ether oxygens (including phenoxy) is 1. The fourth-order valence-electron chi connectivity index (χ4n) is 2.96. The van der Waals surface area contributed by atoms with E-state index in [4.69, 9.17) is 4.74 Å². The molecule has 2 N–H and O–H groups in total. The van der Waals surface area contributed by atoms with E-state index in [1.165, 1.54) is 0 Å². The number of hydrogen-bond donors (Lipinski definition) is 2. The van der Waals surface area contributed by atoms with Crippen molar-refractivity contribution in [2.24, 2.45) is 0 Å². The summed E-state index contributed by atoms with van der Waals surface area (Å²) >= 11 is 0. The maximum atomic E-state index is 12.3. The van der Waals surface area contributed by atoms with Crippen LogP contribution in [-0.4, -0.2) is 38.4 Å². The Balaban J connectivity index is 1.80. The third-order valence-electron chi connectivity index (χ3n) is 4.51. The first-order valence-corrected chi connectivity index (χ1v) is 10.3. The predicted molar refractivity (Wildman–Crippen MR) is 94.4 cm³/mol. The molecule has 1 heterocycles. The van der Waals surface area contributed by atoms with Crippen molar-refractivity contribution in [1.82, 2.24) is 4.72 Å². The third kappa shape index (κ3) is 5.55. The van der Waals surface area contributed by atoms with E-state index < -0.39 is 16.1 Å². The quantitative estimate of drug-likeness (QED) is 0.668. The maximum absolute atomic E-state index is 12.3. The van der Waals surface area contributed by atoms with Gasteiger partial charge in [0.25, 0.3) is 0 Å². The minimum atomic E-state index is -3.51. The van der Waals surface area contributed by atoms with Gasteiger partial charge in [-0.15, -0.1) is 0 Å². The lowest BCUT2D eigenvalue weighted by atomic mass is 10.0. The molecule has 0 radical (unpaired) electrons. The Bertz CT molecular complexity index is 600. The topological polar surface area (TPSA) is 75.6 Å². The fraction of sp³-hybridized carbons (Fsp3) is 0.667. The lowest BCUT2D eigenvalue weighted by Gasteiger charge is -2.19. The van der Waals surface area contributed by atoms with Gasteiger partial charge in [0.05, 0.1) is 23.2 Å². The SMILES string of the molecule is CCCCC[C@H](O)[C@@H]1CC[C@H](CNS(=O)(=O)c2ccc(C)cc2)O1. The standard InChI is InChI=1S/C18H29NO4S/c1-3-4-5-6-17(20)18-12-9-15(23-18)13-19-24(21,22)16-10-7-14(2)8-11-16/h7-8,10-11,15,17-20H,3-6,9,12-13H2,1-2H3/t15-,17+,18+/m1/s1. The first-order chi connectivity index (χ1) is 11.4. The molecule has 2 rings (SSSR count). The highest BCUT2D eigenvalue weighted by Gasteiger charge is 2.31. The van der Waals surface area contributed by atoms with Gasteiger partial charge in [-0.3, -0.25) is 0 Å². The zero-order chi connectivity index (χ0) is 17.6. The Hall–Kier alpha value is -0.950. The molecule has 3 atom stereocenters. The third-order valence-corrected chi connectivity index (χ3v) is 5.94. The first kappa shape index (κ1) is 19.4. The van der Waals surface area contributed by atoms with Crippen LogP contribution in [0.25, 0.3) is 0 Å². The summed E-state index contributed by atoms with van der Waals surface area (Å²) in [5.41, 5.74) is 1.02. The van der Waals surface area contributed by atoms with Gasteiger partial charge >= 0.3 is 0 Å². The van der Waals surface area contributed by atoms with E-state index in [1.807, 2.05) is 6.92 Å². The van der Waals surface area contributed by atoms with E-state index in [9.17, 15) is 13.5 Å². The number of rotatable bonds is 9. The first-order valence-electron chi connectivity index (χ1n) is 8.82. The van der Waals surface area contributed by atoms with Gasteiger partial charge in [-0.1, -0.05) is 43.9 Å². The number of nitrogens with one attached hydrogen (secondary N) is 1. The number of benzene rings is 1. The van der Waals surface area contributed by atoms with Crippen LogP contribution in [0.5, 0.6) is 0 Å². The zero-order valence-electron chi connectivity index (χ0n) is 14.6. The van der Waals surface area contributed by atoms with Crippen LogP contribution in [0.1, 0.15) is 51.0 Å². The Morgan fingerprint density at radius 2 is 1.96 bits per heavy atom. The second-order valence-electron chi connectivity index (χ2n) is 6.60. The van der Waals surface area contributed by atoms with Crippen LogP contribution < -0.4 is 4.72 Å². The largest absolute Gasteiger partial charge is 0.390 e. The van der Waals surface area contributed by atoms with Crippen molar-refractivity contribution in [3.05, 3.63) is 29.8 Å². The van der Waals surface area contributed by atoms with Gasteiger partial charge in [0.1, 0.15) is 0 Å². The number of aliphatic hydroxyl groups is 1. The van der Waals surface area contributed by atoms with Crippen molar-refractivity contribution in [3.63, 3.8) is 0 Å². The van der Waals surface area contributed by atoms with Crippen molar-refractivity contribution in [2.45, 2.75) is 75.6 Å². The second kappa shape index (κ2) is 8.94. The lowest BCUT2D eigenvalue weighted by molar-refractivity contribution is -0.0355. The van der Waals surface area contributed by atoms with E-state index in [1.54, 1.807) is 24.3 Å². The smallest absolute Gasteiger partial charge is 0.240 e. The minimum absolute atomic E-state index is 0.170. The number of aryl methyl sites for hydroxylation is 1. The molecule has 0 bridgehead atoms. The highest BCUT2D eigenvalue weighted by atomic mass is 32.2. The highest BCUT2D eigenvalue weighted by Crippen LogP contribution is 2.24. The van der Waals surface area contributed by atoms with E-state index in [-0.39, 0.29) is 23.6 Å². The molecule has 24 heavy (non-hydrogen) atoms. The molecule has 1 saturated heterocycles. The van der Waals surface area contributed by atoms with Gasteiger partial charge in [0, 0.05) is 6.54 Å². The second-order valence-corrected chi connectivity index (χ2v) is 8.37. The molecular formula is C18H29NO4S. The Labute approximate surface area is 145 Å². The van der Waals surface area contributed by atoms with Crippen molar-refractivity contribution >= 4 is 10.0 Å². The molecule has 0 aromatic heterocycles. The molecule has 1 aromatic rings. The Kier molecular flexibility index (Phi) is 7.22. The van der Waals surface area contributed by atoms with Crippen molar-refractivity contribution in [2.75, 3.05) is 6.54 Å². The van der Waals surface area contributed by atoms with Crippen LogP contribution in [0.2, 0.25) is 0 Å². The average Bonchev–Trinajstić information content (AvgIpc) is 3.03. The molecule has 1 aliphatic rings. The number of aliphatic hydroxyl groups excluding tert-OH is 1. The molecule has 0 unspecified atom stereocenters. The molecule has 6 heteroatoms. The maximum Gasteiger partial charge on any atom is 0.240 e. The van der Waals surface area contributed by atoms with E-state index in [2.05, 4.69) is 11.6 Å². The average molecular weight is 356 g/mol. The molecule has 1 aliphatic heterocycles. The van der Waals surface area contributed by atoms with Gasteiger partial charge < -0.3 is 9.84 Å². The number of sulfonamides is 1. The predicted octanol–water partition coefficient (Wildman–Crippen LogP) is 2.76. The van der Waals surface area contributed by atoms with E-state index >= 15 is 0 Å². The molecule has 5 nitrogen and oxygen atoms in total. The van der Waals surface area contributed by atoms with Gasteiger partial charge in [-0.25, -0.2) is 13.1 Å². The lowest BCUT2D eigenvalue weighted by Crippen LogP contribution is -2.34. The Morgan fingerprint density at radius 3 is 2.62 bits per heavy atom. The minimum Gasteiger partial charge on any atom is -0.390 e. The van der Waals surface area contributed by atoms with Gasteiger partial charge in [0.2, 0.25) is 10.0 Å². The van der Waals surface area contributed by atoms with Gasteiger partial charge in [-0.05, 0) is 38.3 Å². The molecule has 0 saturated carbocycles. The highest BCUT2D eigenvalue weighted by molar-refractivity contribution is 7.89. The van der Waals surface area contributed by atoms with Crippen molar-refractivity contribution < 1.29 is 18.3 Å². The summed E-state index contributed by atoms with van der Waals surface area (Å²) in [6, 6.07) is 6.77. The van der Waals surface area contributed by atoms with E-state index in [0.29, 0.717) is 0 Å². The summed E-state index contributed by atoms with van der Waals surface area (Å²) in [6.07, 6.45) is 4.76.